The Hall–Kier alpha value is -5.48. The molecule has 0 aliphatic heterocycles. The second-order valence-corrected chi connectivity index (χ2v) is 15.5. The Morgan fingerprint density at radius 2 is 0.868 bits per heavy atom. The van der Waals surface area contributed by atoms with Crippen LogP contribution in [0.15, 0.2) is 183 Å². The van der Waals surface area contributed by atoms with Gasteiger partial charge in [-0.3, -0.25) is 0 Å². The number of benzene rings is 9. The summed E-state index contributed by atoms with van der Waals surface area (Å²) in [6, 6.07) is 60.5. The molecular formula is C50H34Br2O. The van der Waals surface area contributed by atoms with Gasteiger partial charge in [-0.05, 0) is 139 Å². The molecule has 0 amide bonds. The van der Waals surface area contributed by atoms with Crippen LogP contribution in [0.4, 0.5) is 0 Å². The van der Waals surface area contributed by atoms with Crippen LogP contribution in [0.1, 0.15) is 11.1 Å². The molecule has 1 nitrogen and oxygen atoms in total. The van der Waals surface area contributed by atoms with E-state index in [-0.39, 0.29) is 0 Å². The lowest BCUT2D eigenvalue weighted by molar-refractivity contribution is 0.669. The highest BCUT2D eigenvalue weighted by Crippen LogP contribution is 2.40. The lowest BCUT2D eigenvalue weighted by Crippen LogP contribution is -1.90. The largest absolute Gasteiger partial charge is 0.456 e. The van der Waals surface area contributed by atoms with Gasteiger partial charge in [0.05, 0.1) is 0 Å². The summed E-state index contributed by atoms with van der Waals surface area (Å²) in [5.74, 6) is 0. The second kappa shape index (κ2) is 13.8. The number of hydrogen-bond donors (Lipinski definition) is 0. The molecule has 0 radical (unpaired) electrons. The van der Waals surface area contributed by atoms with E-state index in [1.165, 1.54) is 82.2 Å². The van der Waals surface area contributed by atoms with E-state index in [1.54, 1.807) is 0 Å². The van der Waals surface area contributed by atoms with Gasteiger partial charge >= 0.3 is 0 Å². The van der Waals surface area contributed by atoms with E-state index in [0.717, 1.165) is 25.5 Å². The van der Waals surface area contributed by atoms with Gasteiger partial charge in [0.25, 0.3) is 0 Å². The van der Waals surface area contributed by atoms with Crippen molar-refractivity contribution < 1.29 is 4.42 Å². The Labute approximate surface area is 325 Å². The summed E-state index contributed by atoms with van der Waals surface area (Å²) in [4.78, 5) is 0. The molecular weight excluding hydrogens is 776 g/mol. The van der Waals surface area contributed by atoms with E-state index in [0.29, 0.717) is 0 Å². The SMILES string of the molecule is Brc1ccc2c(c1)oc1cc3c4ccccc4c4ccccc4c3cc12.Cc1cc(Br)ccc1-c1cc(-c2ccccc2-c2ccccc2)ccc1C. The lowest BCUT2D eigenvalue weighted by Gasteiger charge is -2.15. The molecule has 10 aromatic rings. The van der Waals surface area contributed by atoms with Crippen LogP contribution in [-0.4, -0.2) is 0 Å². The molecule has 254 valence electrons. The minimum Gasteiger partial charge on any atom is -0.456 e. The van der Waals surface area contributed by atoms with Crippen molar-refractivity contribution in [2.24, 2.45) is 0 Å². The smallest absolute Gasteiger partial charge is 0.136 e. The Balaban J connectivity index is 0.000000140. The maximum atomic E-state index is 6.17. The molecule has 0 spiro atoms. The monoisotopic (exact) mass is 808 g/mol. The number of rotatable bonds is 3. The normalized spacial score (nSPS) is 11.4. The maximum absolute atomic E-state index is 6.17. The number of halogens is 2. The van der Waals surface area contributed by atoms with Gasteiger partial charge in [0, 0.05) is 19.7 Å². The van der Waals surface area contributed by atoms with Crippen molar-refractivity contribution in [3.63, 3.8) is 0 Å². The zero-order chi connectivity index (χ0) is 36.1. The molecule has 0 aliphatic rings. The number of hydrogen-bond acceptors (Lipinski definition) is 1. The van der Waals surface area contributed by atoms with Gasteiger partial charge < -0.3 is 4.42 Å². The standard InChI is InChI=1S/C26H21Br.C24H13BrO/c1-18-12-13-21(17-26(18)23-15-14-22(27)16-19(23)2)25-11-7-6-10-24(25)20-8-4-3-5-9-20;25-14-9-10-19-22-12-20-17-7-3-1-5-15(17)16-6-2-4-8-18(16)21(20)13-24(22)26-23(19)11-14/h3-17H,1-2H3;1-13H. The summed E-state index contributed by atoms with van der Waals surface area (Å²) < 4.78 is 8.32. The Kier molecular flexibility index (Phi) is 8.70. The fourth-order valence-corrected chi connectivity index (χ4v) is 8.58. The van der Waals surface area contributed by atoms with Crippen molar-refractivity contribution >= 4 is 86.1 Å². The minimum absolute atomic E-state index is 0.915. The molecule has 0 atom stereocenters. The van der Waals surface area contributed by atoms with E-state index in [1.807, 2.05) is 6.07 Å². The third-order valence-electron chi connectivity index (χ3n) is 10.3. The first-order valence-corrected chi connectivity index (χ1v) is 19.4. The molecule has 0 bridgehead atoms. The fourth-order valence-electron chi connectivity index (χ4n) is 7.76. The van der Waals surface area contributed by atoms with Crippen molar-refractivity contribution in [3.05, 3.63) is 190 Å². The van der Waals surface area contributed by atoms with Crippen LogP contribution in [0.5, 0.6) is 0 Å². The first-order chi connectivity index (χ1) is 25.9. The summed E-state index contributed by atoms with van der Waals surface area (Å²) in [5.41, 5.74) is 12.0. The van der Waals surface area contributed by atoms with Gasteiger partial charge in [-0.2, -0.15) is 0 Å². The number of furan rings is 1. The summed E-state index contributed by atoms with van der Waals surface area (Å²) >= 11 is 7.11. The van der Waals surface area contributed by atoms with Gasteiger partial charge in [0.2, 0.25) is 0 Å². The van der Waals surface area contributed by atoms with Crippen LogP contribution in [-0.2, 0) is 0 Å². The molecule has 53 heavy (non-hydrogen) atoms. The Morgan fingerprint density at radius 1 is 0.321 bits per heavy atom. The molecule has 1 aromatic heterocycles. The van der Waals surface area contributed by atoms with Crippen molar-refractivity contribution in [1.82, 2.24) is 0 Å². The predicted octanol–water partition coefficient (Wildman–Crippen LogP) is 15.9. The van der Waals surface area contributed by atoms with E-state index in [2.05, 4.69) is 209 Å². The predicted molar refractivity (Wildman–Crippen MR) is 234 cm³/mol. The molecule has 1 heterocycles. The van der Waals surface area contributed by atoms with Gasteiger partial charge in [0.15, 0.2) is 0 Å². The molecule has 0 aliphatic carbocycles. The average Bonchev–Trinajstić information content (AvgIpc) is 3.55. The molecule has 0 saturated heterocycles. The van der Waals surface area contributed by atoms with Gasteiger partial charge in [-0.1, -0.05) is 153 Å². The molecule has 0 unspecified atom stereocenters. The topological polar surface area (TPSA) is 13.1 Å². The summed E-state index contributed by atoms with van der Waals surface area (Å²) in [5, 5.41) is 9.98. The fraction of sp³-hybridized carbons (Fsp3) is 0.0400. The lowest BCUT2D eigenvalue weighted by atomic mass is 9.90. The van der Waals surface area contributed by atoms with Gasteiger partial charge in [0.1, 0.15) is 11.2 Å². The van der Waals surface area contributed by atoms with Crippen LogP contribution in [0, 0.1) is 13.8 Å². The van der Waals surface area contributed by atoms with Crippen molar-refractivity contribution in [3.8, 4) is 33.4 Å². The van der Waals surface area contributed by atoms with Gasteiger partial charge in [-0.25, -0.2) is 0 Å². The highest BCUT2D eigenvalue weighted by Gasteiger charge is 2.14. The van der Waals surface area contributed by atoms with Crippen LogP contribution in [0.3, 0.4) is 0 Å². The quantitative estimate of drug-likeness (QED) is 0.162. The molecule has 3 heteroatoms. The van der Waals surface area contributed by atoms with Crippen LogP contribution < -0.4 is 0 Å². The molecule has 0 saturated carbocycles. The van der Waals surface area contributed by atoms with E-state index in [9.17, 15) is 0 Å². The van der Waals surface area contributed by atoms with Crippen LogP contribution in [0.2, 0.25) is 0 Å². The van der Waals surface area contributed by atoms with E-state index in [4.69, 9.17) is 4.42 Å². The zero-order valence-corrected chi connectivity index (χ0v) is 32.5. The number of fused-ring (bicyclic) bond motifs is 9. The third kappa shape index (κ3) is 6.14. The van der Waals surface area contributed by atoms with E-state index >= 15 is 0 Å². The average molecular weight is 811 g/mol. The van der Waals surface area contributed by atoms with Gasteiger partial charge in [-0.15, -0.1) is 0 Å². The third-order valence-corrected chi connectivity index (χ3v) is 11.3. The summed E-state index contributed by atoms with van der Waals surface area (Å²) in [6.07, 6.45) is 0. The Morgan fingerprint density at radius 3 is 1.55 bits per heavy atom. The Bertz CT molecular complexity index is 2990. The maximum Gasteiger partial charge on any atom is 0.136 e. The first kappa shape index (κ1) is 33.4. The highest BCUT2D eigenvalue weighted by molar-refractivity contribution is 9.10. The van der Waals surface area contributed by atoms with Crippen LogP contribution in [0.25, 0.3) is 87.6 Å². The molecule has 0 N–H and O–H groups in total. The highest BCUT2D eigenvalue weighted by atomic mass is 79.9. The van der Waals surface area contributed by atoms with Crippen molar-refractivity contribution in [2.75, 3.05) is 0 Å². The number of aryl methyl sites for hydroxylation is 2. The second-order valence-electron chi connectivity index (χ2n) is 13.6. The molecule has 10 rings (SSSR count). The zero-order valence-electron chi connectivity index (χ0n) is 29.3. The molecule has 9 aromatic carbocycles. The van der Waals surface area contributed by atoms with Crippen molar-refractivity contribution in [2.45, 2.75) is 13.8 Å². The van der Waals surface area contributed by atoms with Crippen molar-refractivity contribution in [1.29, 1.82) is 0 Å². The van der Waals surface area contributed by atoms with E-state index < -0.39 is 0 Å². The first-order valence-electron chi connectivity index (χ1n) is 17.8. The van der Waals surface area contributed by atoms with Crippen LogP contribution >= 0.6 is 31.9 Å². The summed E-state index contributed by atoms with van der Waals surface area (Å²) in [6.45, 7) is 4.35. The minimum atomic E-state index is 0.915. The summed E-state index contributed by atoms with van der Waals surface area (Å²) in [7, 11) is 0. The molecule has 0 fully saturated rings.